The van der Waals surface area contributed by atoms with Crippen LogP contribution >= 0.6 is 0 Å². The highest BCUT2D eigenvalue weighted by Crippen LogP contribution is 2.34. The summed E-state index contributed by atoms with van der Waals surface area (Å²) < 4.78 is 37.6. The van der Waals surface area contributed by atoms with Crippen LogP contribution < -0.4 is 5.73 Å². The molecule has 15 heavy (non-hydrogen) atoms. The third-order valence-electron chi connectivity index (χ3n) is 2.15. The average Bonchev–Trinajstić information content (AvgIpc) is 2.15. The molecule has 0 aliphatic rings. The highest BCUT2D eigenvalue weighted by Gasteiger charge is 2.34. The summed E-state index contributed by atoms with van der Waals surface area (Å²) in [5.41, 5.74) is 4.61. The van der Waals surface area contributed by atoms with Crippen LogP contribution in [0.5, 0.6) is 0 Å². The predicted octanol–water partition coefficient (Wildman–Crippen LogP) is 2.09. The highest BCUT2D eigenvalue weighted by molar-refractivity contribution is 5.32. The normalized spacial score (nSPS) is 16.1. The van der Waals surface area contributed by atoms with Crippen LogP contribution in [0.2, 0.25) is 0 Å². The lowest BCUT2D eigenvalue weighted by atomic mass is 9.97. The first kappa shape index (κ1) is 12.0. The number of aliphatic hydroxyl groups excluding tert-OH is 1. The predicted molar refractivity (Wildman–Crippen MR) is 50.1 cm³/mol. The number of hydrogen-bond donors (Lipinski definition) is 2. The maximum atomic E-state index is 12.5. The number of halogens is 3. The molecule has 1 aromatic carbocycles. The number of nitrogens with two attached hydrogens (primary N) is 1. The van der Waals surface area contributed by atoms with E-state index >= 15 is 0 Å². The Morgan fingerprint density at radius 3 is 2.27 bits per heavy atom. The maximum absolute atomic E-state index is 12.5. The minimum atomic E-state index is -4.44. The van der Waals surface area contributed by atoms with Gasteiger partial charge in [-0.1, -0.05) is 18.2 Å². The maximum Gasteiger partial charge on any atom is 0.416 e. The van der Waals surface area contributed by atoms with Crippen molar-refractivity contribution in [1.29, 1.82) is 0 Å². The molecule has 84 valence electrons. The van der Waals surface area contributed by atoms with E-state index in [-0.39, 0.29) is 5.56 Å². The van der Waals surface area contributed by atoms with Gasteiger partial charge >= 0.3 is 6.18 Å². The zero-order chi connectivity index (χ0) is 11.6. The second-order valence-corrected chi connectivity index (χ2v) is 3.35. The quantitative estimate of drug-likeness (QED) is 0.800. The molecule has 0 aliphatic heterocycles. The molecule has 2 nitrogen and oxygen atoms in total. The molecule has 0 fully saturated rings. The SMILES string of the molecule is C[C@@H](O)[C@@H](N)c1ccccc1C(F)(F)F. The summed E-state index contributed by atoms with van der Waals surface area (Å²) in [7, 11) is 0. The molecule has 0 aromatic heterocycles. The minimum Gasteiger partial charge on any atom is -0.391 e. The Labute approximate surface area is 85.5 Å². The lowest BCUT2D eigenvalue weighted by Gasteiger charge is -2.20. The van der Waals surface area contributed by atoms with Gasteiger partial charge in [-0.15, -0.1) is 0 Å². The summed E-state index contributed by atoms with van der Waals surface area (Å²) in [6.45, 7) is 1.36. The summed E-state index contributed by atoms with van der Waals surface area (Å²) >= 11 is 0. The lowest BCUT2D eigenvalue weighted by Crippen LogP contribution is -2.26. The van der Waals surface area contributed by atoms with Crippen LogP contribution in [0.15, 0.2) is 24.3 Å². The van der Waals surface area contributed by atoms with Crippen LogP contribution in [0.4, 0.5) is 13.2 Å². The third-order valence-corrected chi connectivity index (χ3v) is 2.15. The molecular formula is C10H12F3NO. The molecule has 0 amide bonds. The van der Waals surface area contributed by atoms with Crippen molar-refractivity contribution in [2.45, 2.75) is 25.2 Å². The Morgan fingerprint density at radius 2 is 1.80 bits per heavy atom. The first-order valence-corrected chi connectivity index (χ1v) is 4.44. The molecule has 1 aromatic rings. The topological polar surface area (TPSA) is 46.2 Å². The molecule has 0 bridgehead atoms. The van der Waals surface area contributed by atoms with Crippen molar-refractivity contribution >= 4 is 0 Å². The van der Waals surface area contributed by atoms with Gasteiger partial charge in [-0.3, -0.25) is 0 Å². The van der Waals surface area contributed by atoms with E-state index in [9.17, 15) is 18.3 Å². The largest absolute Gasteiger partial charge is 0.416 e. The monoisotopic (exact) mass is 219 g/mol. The third kappa shape index (κ3) is 2.70. The van der Waals surface area contributed by atoms with Crippen LogP contribution in [0.3, 0.4) is 0 Å². The van der Waals surface area contributed by atoms with Gasteiger partial charge in [-0.2, -0.15) is 13.2 Å². The van der Waals surface area contributed by atoms with E-state index in [1.807, 2.05) is 0 Å². The molecule has 3 N–H and O–H groups in total. The van der Waals surface area contributed by atoms with Gasteiger partial charge in [0.1, 0.15) is 0 Å². The fraction of sp³-hybridized carbons (Fsp3) is 0.400. The first-order valence-electron chi connectivity index (χ1n) is 4.44. The fourth-order valence-electron chi connectivity index (χ4n) is 1.31. The van der Waals surface area contributed by atoms with E-state index in [0.29, 0.717) is 0 Å². The molecule has 2 atom stereocenters. The standard InChI is InChI=1S/C10H12F3NO/c1-6(15)9(14)7-4-2-3-5-8(7)10(11,12)13/h2-6,9,15H,14H2,1H3/t6-,9-/m1/s1. The Balaban J connectivity index is 3.18. The Hall–Kier alpha value is -1.07. The van der Waals surface area contributed by atoms with Crippen molar-refractivity contribution in [2.24, 2.45) is 5.73 Å². The molecule has 0 saturated heterocycles. The van der Waals surface area contributed by atoms with E-state index in [0.717, 1.165) is 6.07 Å². The van der Waals surface area contributed by atoms with Gasteiger partial charge in [-0.25, -0.2) is 0 Å². The van der Waals surface area contributed by atoms with E-state index in [2.05, 4.69) is 0 Å². The summed E-state index contributed by atoms with van der Waals surface area (Å²) in [4.78, 5) is 0. The summed E-state index contributed by atoms with van der Waals surface area (Å²) in [5, 5.41) is 9.17. The van der Waals surface area contributed by atoms with Crippen LogP contribution in [0, 0.1) is 0 Å². The van der Waals surface area contributed by atoms with Crippen molar-refractivity contribution in [3.8, 4) is 0 Å². The van der Waals surface area contributed by atoms with E-state index < -0.39 is 23.9 Å². The number of hydrogen-bond acceptors (Lipinski definition) is 2. The number of alkyl halides is 3. The van der Waals surface area contributed by atoms with Gasteiger partial charge in [0.25, 0.3) is 0 Å². The number of benzene rings is 1. The van der Waals surface area contributed by atoms with Gasteiger partial charge in [0.05, 0.1) is 17.7 Å². The van der Waals surface area contributed by atoms with Gasteiger partial charge in [0.2, 0.25) is 0 Å². The van der Waals surface area contributed by atoms with Gasteiger partial charge in [-0.05, 0) is 18.6 Å². The van der Waals surface area contributed by atoms with E-state index in [1.54, 1.807) is 0 Å². The number of aliphatic hydroxyl groups is 1. The average molecular weight is 219 g/mol. The molecule has 0 aliphatic carbocycles. The molecule has 0 unspecified atom stereocenters. The van der Waals surface area contributed by atoms with Crippen molar-refractivity contribution in [3.63, 3.8) is 0 Å². The molecule has 0 saturated carbocycles. The molecule has 0 spiro atoms. The molecule has 1 rings (SSSR count). The van der Waals surface area contributed by atoms with Crippen molar-refractivity contribution < 1.29 is 18.3 Å². The van der Waals surface area contributed by atoms with Crippen LogP contribution in [-0.4, -0.2) is 11.2 Å². The Bertz CT molecular complexity index is 336. The van der Waals surface area contributed by atoms with Crippen molar-refractivity contribution in [3.05, 3.63) is 35.4 Å². The summed E-state index contributed by atoms with van der Waals surface area (Å²) in [5.74, 6) is 0. The van der Waals surface area contributed by atoms with Crippen LogP contribution in [-0.2, 0) is 6.18 Å². The van der Waals surface area contributed by atoms with Crippen molar-refractivity contribution in [2.75, 3.05) is 0 Å². The molecular weight excluding hydrogens is 207 g/mol. The number of rotatable bonds is 2. The van der Waals surface area contributed by atoms with Crippen LogP contribution in [0.1, 0.15) is 24.1 Å². The molecule has 5 heteroatoms. The Morgan fingerprint density at radius 1 is 1.27 bits per heavy atom. The van der Waals surface area contributed by atoms with Crippen LogP contribution in [0.25, 0.3) is 0 Å². The first-order chi connectivity index (χ1) is 6.84. The van der Waals surface area contributed by atoms with Gasteiger partial charge in [0, 0.05) is 0 Å². The fourth-order valence-corrected chi connectivity index (χ4v) is 1.31. The van der Waals surface area contributed by atoms with Crippen molar-refractivity contribution in [1.82, 2.24) is 0 Å². The lowest BCUT2D eigenvalue weighted by molar-refractivity contribution is -0.138. The Kier molecular flexibility index (Phi) is 3.36. The summed E-state index contributed by atoms with van der Waals surface area (Å²) in [6.07, 6.45) is -5.46. The molecule has 0 heterocycles. The van der Waals surface area contributed by atoms with Gasteiger partial charge in [0.15, 0.2) is 0 Å². The van der Waals surface area contributed by atoms with E-state index in [1.165, 1.54) is 25.1 Å². The van der Waals surface area contributed by atoms with E-state index in [4.69, 9.17) is 5.73 Å². The smallest absolute Gasteiger partial charge is 0.391 e. The van der Waals surface area contributed by atoms with Gasteiger partial charge < -0.3 is 10.8 Å². The highest BCUT2D eigenvalue weighted by atomic mass is 19.4. The summed E-state index contributed by atoms with van der Waals surface area (Å²) in [6, 6.07) is 3.97. The molecule has 0 radical (unpaired) electrons. The zero-order valence-corrected chi connectivity index (χ0v) is 8.12. The second kappa shape index (κ2) is 4.20. The minimum absolute atomic E-state index is 0.0833. The second-order valence-electron chi connectivity index (χ2n) is 3.35. The zero-order valence-electron chi connectivity index (χ0n) is 8.12.